The Balaban J connectivity index is 1.60. The molecule has 4 aromatic rings. The molecule has 1 aromatic carbocycles. The molecule has 0 unspecified atom stereocenters. The van der Waals surface area contributed by atoms with Gasteiger partial charge in [-0.3, -0.25) is 4.98 Å². The van der Waals surface area contributed by atoms with Crippen LogP contribution in [0.15, 0.2) is 58.4 Å². The van der Waals surface area contributed by atoms with Crippen molar-refractivity contribution in [2.24, 2.45) is 10.7 Å². The van der Waals surface area contributed by atoms with Crippen molar-refractivity contribution in [3.8, 4) is 22.7 Å². The fraction of sp³-hybridized carbons (Fsp3) is 0.150. The van der Waals surface area contributed by atoms with Crippen molar-refractivity contribution in [2.45, 2.75) is 6.04 Å². The number of aromatic nitrogens is 2. The monoisotopic (exact) mass is 473 g/mol. The Labute approximate surface area is 187 Å². The van der Waals surface area contributed by atoms with Gasteiger partial charge in [0, 0.05) is 29.8 Å². The number of fused-ring (bicyclic) bond motifs is 1. The average Bonchev–Trinajstić information content (AvgIpc) is 3.40. The lowest BCUT2D eigenvalue weighted by Gasteiger charge is -2.26. The molecule has 11 heteroatoms. The van der Waals surface area contributed by atoms with Crippen LogP contribution in [0.3, 0.4) is 0 Å². The number of pyridine rings is 1. The van der Waals surface area contributed by atoms with E-state index in [9.17, 15) is 8.42 Å². The highest BCUT2D eigenvalue weighted by Gasteiger charge is 2.34. The van der Waals surface area contributed by atoms with Crippen molar-refractivity contribution in [3.63, 3.8) is 0 Å². The summed E-state index contributed by atoms with van der Waals surface area (Å²) in [4.78, 5) is 13.7. The number of guanidine groups is 1. The van der Waals surface area contributed by atoms with E-state index >= 15 is 0 Å². The Bertz CT molecular complexity index is 1410. The SMILES string of the molecule is CN1C(N)=N[C@H](c2sc3c(-c4ccc(-c5ncco5)cc4)nccc3c2Cl)CS1(=O)=O. The molecule has 0 bridgehead atoms. The zero-order valence-corrected chi connectivity index (χ0v) is 18.6. The van der Waals surface area contributed by atoms with Crippen molar-refractivity contribution >= 4 is 49.0 Å². The van der Waals surface area contributed by atoms with Gasteiger partial charge in [0.1, 0.15) is 12.3 Å². The Morgan fingerprint density at radius 1 is 1.16 bits per heavy atom. The molecule has 0 fully saturated rings. The second-order valence-electron chi connectivity index (χ2n) is 6.98. The third-order valence-corrected chi connectivity index (χ3v) is 8.70. The van der Waals surface area contributed by atoms with Gasteiger partial charge < -0.3 is 10.2 Å². The summed E-state index contributed by atoms with van der Waals surface area (Å²) < 4.78 is 32.0. The number of aliphatic imine (C=N–C) groups is 1. The number of thiophene rings is 1. The lowest BCUT2D eigenvalue weighted by atomic mass is 10.1. The molecular weight excluding hydrogens is 458 g/mol. The molecule has 1 aliphatic rings. The summed E-state index contributed by atoms with van der Waals surface area (Å²) in [5, 5.41) is 1.27. The first-order valence-electron chi connectivity index (χ1n) is 9.22. The summed E-state index contributed by atoms with van der Waals surface area (Å²) >= 11 is 8.05. The number of nitrogens with zero attached hydrogens (tertiary/aromatic N) is 4. The van der Waals surface area contributed by atoms with Crippen molar-refractivity contribution in [1.82, 2.24) is 14.3 Å². The van der Waals surface area contributed by atoms with E-state index in [1.54, 1.807) is 12.4 Å². The predicted molar refractivity (Wildman–Crippen MR) is 121 cm³/mol. The molecule has 1 atom stereocenters. The second kappa shape index (κ2) is 7.33. The Morgan fingerprint density at radius 3 is 2.58 bits per heavy atom. The number of nitrogens with two attached hydrogens (primary N) is 1. The number of hydrogen-bond donors (Lipinski definition) is 1. The molecule has 4 heterocycles. The van der Waals surface area contributed by atoms with Crippen LogP contribution in [0.25, 0.3) is 32.8 Å². The van der Waals surface area contributed by atoms with Gasteiger partial charge >= 0.3 is 0 Å². The first-order valence-corrected chi connectivity index (χ1v) is 12.0. The molecule has 3 aromatic heterocycles. The third kappa shape index (κ3) is 3.36. The zero-order chi connectivity index (χ0) is 21.8. The quantitative estimate of drug-likeness (QED) is 0.482. The van der Waals surface area contributed by atoms with Gasteiger partial charge in [-0.2, -0.15) is 0 Å². The van der Waals surface area contributed by atoms with Crippen LogP contribution in [-0.2, 0) is 10.0 Å². The summed E-state index contributed by atoms with van der Waals surface area (Å²) in [5.74, 6) is 0.299. The molecule has 0 saturated heterocycles. The standard InChI is InChI=1S/C20H16ClN5O3S2/c1-26-20(22)25-14(10-31(26,27)28)18-15(21)13-6-7-23-16(17(13)30-18)11-2-4-12(5-3-11)19-24-8-9-29-19/h2-9,14H,10H2,1H3,(H2,22,25)/t14-/m0/s1. The maximum atomic E-state index is 12.4. The smallest absolute Gasteiger partial charge is 0.239 e. The van der Waals surface area contributed by atoms with E-state index in [-0.39, 0.29) is 11.7 Å². The molecule has 0 aliphatic carbocycles. The minimum atomic E-state index is -3.56. The maximum Gasteiger partial charge on any atom is 0.239 e. The minimum Gasteiger partial charge on any atom is -0.445 e. The van der Waals surface area contributed by atoms with Crippen LogP contribution in [0.5, 0.6) is 0 Å². The van der Waals surface area contributed by atoms with Crippen LogP contribution in [0.2, 0.25) is 5.02 Å². The van der Waals surface area contributed by atoms with E-state index in [1.165, 1.54) is 24.6 Å². The maximum absolute atomic E-state index is 12.4. The van der Waals surface area contributed by atoms with Crippen LogP contribution in [0, 0.1) is 0 Å². The van der Waals surface area contributed by atoms with Crippen molar-refractivity contribution in [1.29, 1.82) is 0 Å². The zero-order valence-electron chi connectivity index (χ0n) is 16.2. The second-order valence-corrected chi connectivity index (χ2v) is 10.5. The fourth-order valence-electron chi connectivity index (χ4n) is 3.43. The van der Waals surface area contributed by atoms with Crippen LogP contribution < -0.4 is 5.73 Å². The van der Waals surface area contributed by atoms with E-state index in [1.807, 2.05) is 30.3 Å². The van der Waals surface area contributed by atoms with Gasteiger partial charge in [-0.15, -0.1) is 11.3 Å². The number of oxazole rings is 1. The Hall–Kier alpha value is -2.95. The first-order chi connectivity index (χ1) is 14.8. The van der Waals surface area contributed by atoms with Crippen LogP contribution in [0.1, 0.15) is 10.9 Å². The summed E-state index contributed by atoms with van der Waals surface area (Å²) in [6.45, 7) is 0. The lowest BCUT2D eigenvalue weighted by molar-refractivity contribution is 0.533. The number of benzene rings is 1. The van der Waals surface area contributed by atoms with E-state index in [0.29, 0.717) is 15.8 Å². The van der Waals surface area contributed by atoms with Gasteiger partial charge in [-0.25, -0.2) is 22.7 Å². The predicted octanol–water partition coefficient (Wildman–Crippen LogP) is 3.90. The topological polar surface area (TPSA) is 115 Å². The van der Waals surface area contributed by atoms with Gasteiger partial charge in [0.25, 0.3) is 0 Å². The van der Waals surface area contributed by atoms with Gasteiger partial charge in [0.15, 0.2) is 0 Å². The molecule has 8 nitrogen and oxygen atoms in total. The Kier molecular flexibility index (Phi) is 4.72. The normalized spacial score (nSPS) is 18.3. The van der Waals surface area contributed by atoms with Crippen molar-refractivity contribution < 1.29 is 12.8 Å². The number of halogens is 1. The van der Waals surface area contributed by atoms with Gasteiger partial charge in [0.2, 0.25) is 21.9 Å². The highest BCUT2D eigenvalue weighted by atomic mass is 35.5. The van der Waals surface area contributed by atoms with Crippen LogP contribution >= 0.6 is 22.9 Å². The highest BCUT2D eigenvalue weighted by Crippen LogP contribution is 2.44. The van der Waals surface area contributed by atoms with Crippen molar-refractivity contribution in [2.75, 3.05) is 12.8 Å². The molecule has 31 heavy (non-hydrogen) atoms. The van der Waals surface area contributed by atoms with Gasteiger partial charge in [-0.05, 0) is 18.2 Å². The summed E-state index contributed by atoms with van der Waals surface area (Å²) in [5.41, 5.74) is 8.33. The summed E-state index contributed by atoms with van der Waals surface area (Å²) in [6.07, 6.45) is 4.81. The molecule has 2 N–H and O–H groups in total. The van der Waals surface area contributed by atoms with Gasteiger partial charge in [0.05, 0.1) is 32.2 Å². The van der Waals surface area contributed by atoms with E-state index in [4.69, 9.17) is 21.8 Å². The molecule has 1 aliphatic heterocycles. The van der Waals surface area contributed by atoms with Gasteiger partial charge in [-0.1, -0.05) is 23.7 Å². The van der Waals surface area contributed by atoms with Crippen LogP contribution in [-0.4, -0.2) is 41.5 Å². The number of sulfonamides is 1. The molecule has 0 radical (unpaired) electrons. The molecule has 158 valence electrons. The number of rotatable bonds is 3. The Morgan fingerprint density at radius 2 is 1.90 bits per heavy atom. The highest BCUT2D eigenvalue weighted by molar-refractivity contribution is 7.89. The fourth-order valence-corrected chi connectivity index (χ4v) is 6.43. The first kappa shape index (κ1) is 20.0. The molecule has 0 saturated carbocycles. The van der Waals surface area contributed by atoms with E-state index in [0.717, 1.165) is 31.2 Å². The largest absolute Gasteiger partial charge is 0.445 e. The number of hydrogen-bond acceptors (Lipinski definition) is 8. The third-order valence-electron chi connectivity index (χ3n) is 5.11. The summed E-state index contributed by atoms with van der Waals surface area (Å²) in [6, 6.07) is 8.85. The average molecular weight is 474 g/mol. The minimum absolute atomic E-state index is 0.0507. The van der Waals surface area contributed by atoms with E-state index in [2.05, 4.69) is 15.0 Å². The molecular formula is C20H16ClN5O3S2. The van der Waals surface area contributed by atoms with Crippen molar-refractivity contribution in [3.05, 3.63) is 58.9 Å². The van der Waals surface area contributed by atoms with E-state index < -0.39 is 16.1 Å². The molecule has 5 rings (SSSR count). The lowest BCUT2D eigenvalue weighted by Crippen LogP contribution is -2.44. The summed E-state index contributed by atoms with van der Waals surface area (Å²) in [7, 11) is -2.17. The van der Waals surface area contributed by atoms with Crippen LogP contribution in [0.4, 0.5) is 0 Å². The molecule has 0 spiro atoms. The molecule has 0 amide bonds.